The molecule has 19 heavy (non-hydrogen) atoms. The van der Waals surface area contributed by atoms with Crippen LogP contribution in [0.3, 0.4) is 0 Å². The number of phenols is 1. The van der Waals surface area contributed by atoms with Gasteiger partial charge in [-0.3, -0.25) is 4.68 Å². The van der Waals surface area contributed by atoms with Crippen LogP contribution in [0.25, 0.3) is 0 Å². The Hall–Kier alpha value is -1.95. The molecule has 0 aliphatic heterocycles. The molecule has 1 aromatic carbocycles. The first-order chi connectivity index (χ1) is 9.15. The maximum absolute atomic E-state index is 12.1. The summed E-state index contributed by atoms with van der Waals surface area (Å²) in [6.07, 6.45) is -0.870. The van der Waals surface area contributed by atoms with Crippen molar-refractivity contribution in [1.29, 1.82) is 0 Å². The third-order valence-corrected chi connectivity index (χ3v) is 2.63. The van der Waals surface area contributed by atoms with E-state index in [0.29, 0.717) is 18.8 Å². The second-order valence-corrected chi connectivity index (χ2v) is 4.15. The van der Waals surface area contributed by atoms with Crippen LogP contribution in [0.1, 0.15) is 11.3 Å². The van der Waals surface area contributed by atoms with Crippen molar-refractivity contribution in [2.45, 2.75) is 26.1 Å². The Balaban J connectivity index is 1.83. The van der Waals surface area contributed by atoms with Crippen molar-refractivity contribution in [3.05, 3.63) is 47.8 Å². The fourth-order valence-electron chi connectivity index (χ4n) is 1.73. The van der Waals surface area contributed by atoms with Crippen molar-refractivity contribution >= 4 is 0 Å². The molecule has 0 radical (unpaired) electrons. The van der Waals surface area contributed by atoms with Crippen LogP contribution in [-0.2, 0) is 19.6 Å². The molecule has 4 nitrogen and oxygen atoms in total. The first-order valence-corrected chi connectivity index (χ1v) is 5.93. The summed E-state index contributed by atoms with van der Waals surface area (Å²) in [4.78, 5) is 0. The summed E-state index contributed by atoms with van der Waals surface area (Å²) in [5, 5.41) is 16.7. The van der Waals surface area contributed by atoms with Crippen LogP contribution in [0, 0.1) is 0 Å². The van der Waals surface area contributed by atoms with Gasteiger partial charge >= 0.3 is 0 Å². The number of hydrogen-bond acceptors (Lipinski definition) is 3. The molecule has 0 fully saturated rings. The summed E-state index contributed by atoms with van der Waals surface area (Å²) in [5.41, 5.74) is 1.48. The zero-order chi connectivity index (χ0) is 13.7. The number of benzene rings is 1. The molecule has 0 aliphatic rings. The zero-order valence-corrected chi connectivity index (χ0v) is 10.3. The van der Waals surface area contributed by atoms with Gasteiger partial charge in [-0.2, -0.15) is 5.10 Å². The molecule has 0 bridgehead atoms. The second kappa shape index (κ2) is 6.29. The summed E-state index contributed by atoms with van der Waals surface area (Å²) < 4.78 is 25.5. The maximum atomic E-state index is 12.1. The second-order valence-electron chi connectivity index (χ2n) is 4.15. The van der Waals surface area contributed by atoms with Crippen LogP contribution in [0.5, 0.6) is 5.75 Å². The molecular weight excluding hydrogens is 252 g/mol. The molecule has 2 rings (SSSR count). The van der Waals surface area contributed by atoms with Crippen molar-refractivity contribution in [1.82, 2.24) is 15.1 Å². The van der Waals surface area contributed by atoms with E-state index in [1.807, 2.05) is 12.1 Å². The predicted molar refractivity (Wildman–Crippen MR) is 66.9 cm³/mol. The smallest absolute Gasteiger partial charge is 0.257 e. The third kappa shape index (κ3) is 4.03. The molecule has 0 spiro atoms. The van der Waals surface area contributed by atoms with Gasteiger partial charge in [-0.15, -0.1) is 0 Å². The molecule has 1 heterocycles. The molecule has 0 saturated heterocycles. The Morgan fingerprint density at radius 2 is 2.00 bits per heavy atom. The SMILES string of the molecule is Oc1ccccc1CNCc1ccn(CC(F)F)n1. The van der Waals surface area contributed by atoms with E-state index in [0.717, 1.165) is 5.56 Å². The Morgan fingerprint density at radius 3 is 2.74 bits per heavy atom. The average molecular weight is 267 g/mol. The quantitative estimate of drug-likeness (QED) is 0.843. The molecule has 2 aromatic rings. The van der Waals surface area contributed by atoms with Crippen molar-refractivity contribution < 1.29 is 13.9 Å². The number of para-hydroxylation sites is 1. The Kier molecular flexibility index (Phi) is 4.46. The van der Waals surface area contributed by atoms with Gasteiger partial charge < -0.3 is 10.4 Å². The molecule has 0 aliphatic carbocycles. The molecule has 0 unspecified atom stereocenters. The Bertz CT molecular complexity index is 528. The highest BCUT2D eigenvalue weighted by molar-refractivity contribution is 5.31. The highest BCUT2D eigenvalue weighted by Gasteiger charge is 2.06. The van der Waals surface area contributed by atoms with Crippen molar-refractivity contribution in [2.75, 3.05) is 0 Å². The van der Waals surface area contributed by atoms with Gasteiger partial charge in [0.05, 0.1) is 5.69 Å². The number of phenolic OH excluding ortho intramolecular Hbond substituents is 1. The minimum atomic E-state index is -2.40. The lowest BCUT2D eigenvalue weighted by molar-refractivity contribution is 0.121. The largest absolute Gasteiger partial charge is 0.508 e. The summed E-state index contributed by atoms with van der Waals surface area (Å²) in [6.45, 7) is 0.568. The average Bonchev–Trinajstić information content (AvgIpc) is 2.78. The Labute approximate surface area is 109 Å². The van der Waals surface area contributed by atoms with Gasteiger partial charge in [-0.1, -0.05) is 18.2 Å². The van der Waals surface area contributed by atoms with E-state index >= 15 is 0 Å². The van der Waals surface area contributed by atoms with Crippen LogP contribution in [0.2, 0.25) is 0 Å². The van der Waals surface area contributed by atoms with Gasteiger partial charge in [0, 0.05) is 24.8 Å². The van der Waals surface area contributed by atoms with Gasteiger partial charge in [0.15, 0.2) is 0 Å². The summed E-state index contributed by atoms with van der Waals surface area (Å²) >= 11 is 0. The minimum Gasteiger partial charge on any atom is -0.508 e. The number of aromatic nitrogens is 2. The van der Waals surface area contributed by atoms with E-state index in [9.17, 15) is 13.9 Å². The van der Waals surface area contributed by atoms with E-state index in [4.69, 9.17) is 0 Å². The van der Waals surface area contributed by atoms with Gasteiger partial charge in [0.25, 0.3) is 6.43 Å². The lowest BCUT2D eigenvalue weighted by Crippen LogP contribution is -2.14. The summed E-state index contributed by atoms with van der Waals surface area (Å²) in [6, 6.07) is 8.73. The van der Waals surface area contributed by atoms with Crippen LogP contribution in [0.4, 0.5) is 8.78 Å². The normalized spacial score (nSPS) is 11.1. The van der Waals surface area contributed by atoms with Crippen LogP contribution < -0.4 is 5.32 Å². The Morgan fingerprint density at radius 1 is 1.21 bits per heavy atom. The molecule has 1 aromatic heterocycles. The van der Waals surface area contributed by atoms with E-state index in [1.54, 1.807) is 18.2 Å². The van der Waals surface area contributed by atoms with Crippen LogP contribution >= 0.6 is 0 Å². The lowest BCUT2D eigenvalue weighted by atomic mass is 10.2. The van der Waals surface area contributed by atoms with E-state index in [1.165, 1.54) is 10.9 Å². The molecular formula is C13H15F2N3O. The molecule has 102 valence electrons. The zero-order valence-electron chi connectivity index (χ0n) is 10.3. The summed E-state index contributed by atoms with van der Waals surface area (Å²) in [5.74, 6) is 0.234. The van der Waals surface area contributed by atoms with Gasteiger partial charge in [0.1, 0.15) is 12.3 Å². The number of nitrogens with one attached hydrogen (secondary N) is 1. The van der Waals surface area contributed by atoms with E-state index in [-0.39, 0.29) is 12.3 Å². The first-order valence-electron chi connectivity index (χ1n) is 5.93. The number of halogens is 2. The van der Waals surface area contributed by atoms with Crippen LogP contribution in [0.15, 0.2) is 36.5 Å². The molecule has 0 amide bonds. The van der Waals surface area contributed by atoms with Crippen molar-refractivity contribution in [3.63, 3.8) is 0 Å². The predicted octanol–water partition coefficient (Wildman–Crippen LogP) is 2.14. The van der Waals surface area contributed by atoms with Crippen molar-refractivity contribution in [3.8, 4) is 5.75 Å². The fourth-order valence-corrected chi connectivity index (χ4v) is 1.73. The number of hydrogen-bond donors (Lipinski definition) is 2. The van der Waals surface area contributed by atoms with Gasteiger partial charge in [-0.05, 0) is 12.1 Å². The molecule has 6 heteroatoms. The van der Waals surface area contributed by atoms with Crippen LogP contribution in [-0.4, -0.2) is 21.3 Å². The lowest BCUT2D eigenvalue weighted by Gasteiger charge is -2.05. The third-order valence-electron chi connectivity index (χ3n) is 2.63. The standard InChI is InChI=1S/C13H15F2N3O/c14-13(15)9-18-6-5-11(17-18)8-16-7-10-3-1-2-4-12(10)19/h1-6,13,16,19H,7-9H2. The number of aromatic hydroxyl groups is 1. The molecule has 0 saturated carbocycles. The van der Waals surface area contributed by atoms with Gasteiger partial charge in [0.2, 0.25) is 0 Å². The summed E-state index contributed by atoms with van der Waals surface area (Å²) in [7, 11) is 0. The number of nitrogens with zero attached hydrogens (tertiary/aromatic N) is 2. The van der Waals surface area contributed by atoms with Crippen molar-refractivity contribution in [2.24, 2.45) is 0 Å². The first kappa shape index (κ1) is 13.5. The maximum Gasteiger partial charge on any atom is 0.257 e. The monoisotopic (exact) mass is 267 g/mol. The highest BCUT2D eigenvalue weighted by atomic mass is 19.3. The number of rotatable bonds is 6. The minimum absolute atomic E-state index is 0.234. The highest BCUT2D eigenvalue weighted by Crippen LogP contribution is 2.14. The van der Waals surface area contributed by atoms with E-state index < -0.39 is 6.43 Å². The number of alkyl halides is 2. The molecule has 0 atom stereocenters. The molecule has 2 N–H and O–H groups in total. The van der Waals surface area contributed by atoms with E-state index in [2.05, 4.69) is 10.4 Å². The topological polar surface area (TPSA) is 50.1 Å². The van der Waals surface area contributed by atoms with Gasteiger partial charge in [-0.25, -0.2) is 8.78 Å². The fraction of sp³-hybridized carbons (Fsp3) is 0.308.